The van der Waals surface area contributed by atoms with Crippen molar-refractivity contribution in [3.8, 4) is 0 Å². The van der Waals surface area contributed by atoms with Crippen LogP contribution in [0.25, 0.3) is 0 Å². The van der Waals surface area contributed by atoms with Gasteiger partial charge in [0, 0.05) is 19.2 Å². The zero-order valence-corrected chi connectivity index (χ0v) is 11.5. The smallest absolute Gasteiger partial charge is 0.352 e. The largest absolute Gasteiger partial charge is 0.451 e. The molecule has 1 fully saturated rings. The van der Waals surface area contributed by atoms with Crippen molar-refractivity contribution in [1.29, 1.82) is 0 Å². The Morgan fingerprint density at radius 3 is 2.65 bits per heavy atom. The number of aromatic nitrogens is 2. The standard InChI is InChI=1S/C11H12ClF3N4O/c1-10(2)9(20)16-3-4-19(10)7-5-6(12)17-8(18-7)11(13,14)15/h5H,3-4H2,1-2H3,(H,16,20). The van der Waals surface area contributed by atoms with Gasteiger partial charge in [-0.2, -0.15) is 13.2 Å². The van der Waals surface area contributed by atoms with Crippen molar-refractivity contribution in [2.45, 2.75) is 25.6 Å². The Kier molecular flexibility index (Phi) is 3.53. The zero-order chi connectivity index (χ0) is 15.1. The van der Waals surface area contributed by atoms with Crippen LogP contribution in [0.15, 0.2) is 6.07 Å². The third kappa shape index (κ3) is 2.65. The highest BCUT2D eigenvalue weighted by atomic mass is 35.5. The van der Waals surface area contributed by atoms with E-state index < -0.39 is 17.5 Å². The Labute approximate surface area is 118 Å². The molecule has 2 heterocycles. The normalized spacial score (nSPS) is 18.9. The van der Waals surface area contributed by atoms with Gasteiger partial charge in [-0.25, -0.2) is 9.97 Å². The highest BCUT2D eigenvalue weighted by molar-refractivity contribution is 6.29. The molecule has 0 aliphatic carbocycles. The van der Waals surface area contributed by atoms with Gasteiger partial charge in [-0.1, -0.05) is 11.6 Å². The number of anilines is 1. The van der Waals surface area contributed by atoms with Crippen LogP contribution < -0.4 is 10.2 Å². The number of nitrogens with zero attached hydrogens (tertiary/aromatic N) is 3. The fourth-order valence-electron chi connectivity index (χ4n) is 1.97. The Morgan fingerprint density at radius 2 is 2.05 bits per heavy atom. The molecule has 1 aromatic heterocycles. The van der Waals surface area contributed by atoms with E-state index in [1.165, 1.54) is 11.0 Å². The number of hydrogen-bond acceptors (Lipinski definition) is 4. The summed E-state index contributed by atoms with van der Waals surface area (Å²) < 4.78 is 38.1. The van der Waals surface area contributed by atoms with E-state index in [1.807, 2.05) is 0 Å². The van der Waals surface area contributed by atoms with Crippen LogP contribution in [0.5, 0.6) is 0 Å². The SMILES string of the molecule is CC1(C)C(=O)NCCN1c1cc(Cl)nc(C(F)(F)F)n1. The number of carbonyl (C=O) groups excluding carboxylic acids is 1. The second kappa shape index (κ2) is 4.76. The van der Waals surface area contributed by atoms with E-state index in [1.54, 1.807) is 13.8 Å². The van der Waals surface area contributed by atoms with E-state index in [-0.39, 0.29) is 16.9 Å². The molecule has 1 aliphatic heterocycles. The first-order valence-electron chi connectivity index (χ1n) is 5.80. The van der Waals surface area contributed by atoms with Gasteiger partial charge in [-0.3, -0.25) is 4.79 Å². The van der Waals surface area contributed by atoms with Crippen molar-refractivity contribution in [1.82, 2.24) is 15.3 Å². The monoisotopic (exact) mass is 308 g/mol. The van der Waals surface area contributed by atoms with Crippen LogP contribution in [0.1, 0.15) is 19.7 Å². The highest BCUT2D eigenvalue weighted by Gasteiger charge is 2.41. The van der Waals surface area contributed by atoms with E-state index >= 15 is 0 Å². The van der Waals surface area contributed by atoms with Crippen molar-refractivity contribution < 1.29 is 18.0 Å². The lowest BCUT2D eigenvalue weighted by Gasteiger charge is -2.42. The Hall–Kier alpha value is -1.57. The molecule has 0 aromatic carbocycles. The first-order valence-corrected chi connectivity index (χ1v) is 6.18. The topological polar surface area (TPSA) is 58.1 Å². The second-order valence-electron chi connectivity index (χ2n) is 4.84. The average Bonchev–Trinajstić information content (AvgIpc) is 2.30. The van der Waals surface area contributed by atoms with Gasteiger partial charge in [-0.05, 0) is 13.8 Å². The van der Waals surface area contributed by atoms with E-state index in [0.29, 0.717) is 13.1 Å². The van der Waals surface area contributed by atoms with Crippen LogP contribution in [0.2, 0.25) is 5.15 Å². The minimum absolute atomic E-state index is 0.0165. The molecule has 2 rings (SSSR count). The van der Waals surface area contributed by atoms with Crippen molar-refractivity contribution in [2.24, 2.45) is 0 Å². The van der Waals surface area contributed by atoms with Gasteiger partial charge in [0.25, 0.3) is 0 Å². The Morgan fingerprint density at radius 1 is 1.40 bits per heavy atom. The number of hydrogen-bond donors (Lipinski definition) is 1. The molecule has 0 saturated carbocycles. The first-order chi connectivity index (χ1) is 9.12. The fourth-order valence-corrected chi connectivity index (χ4v) is 2.15. The van der Waals surface area contributed by atoms with Gasteiger partial charge in [0.1, 0.15) is 16.5 Å². The highest BCUT2D eigenvalue weighted by Crippen LogP contribution is 2.31. The molecule has 0 radical (unpaired) electrons. The second-order valence-corrected chi connectivity index (χ2v) is 5.22. The molecule has 1 N–H and O–H groups in total. The van der Waals surface area contributed by atoms with Crippen LogP contribution in [-0.2, 0) is 11.0 Å². The minimum atomic E-state index is -4.69. The maximum atomic E-state index is 12.7. The lowest BCUT2D eigenvalue weighted by molar-refractivity contribution is -0.144. The minimum Gasteiger partial charge on any atom is -0.352 e. The lowest BCUT2D eigenvalue weighted by atomic mass is 9.99. The molecule has 20 heavy (non-hydrogen) atoms. The van der Waals surface area contributed by atoms with Gasteiger partial charge in [0.15, 0.2) is 0 Å². The summed E-state index contributed by atoms with van der Waals surface area (Å²) in [5.74, 6) is -1.62. The molecule has 110 valence electrons. The summed E-state index contributed by atoms with van der Waals surface area (Å²) in [4.78, 5) is 19.9. The quantitative estimate of drug-likeness (QED) is 0.805. The van der Waals surface area contributed by atoms with Crippen LogP contribution in [0.4, 0.5) is 19.0 Å². The summed E-state index contributed by atoms with van der Waals surface area (Å²) >= 11 is 5.63. The predicted octanol–water partition coefficient (Wildman–Crippen LogP) is 1.86. The van der Waals surface area contributed by atoms with Crippen LogP contribution in [0, 0.1) is 0 Å². The summed E-state index contributed by atoms with van der Waals surface area (Å²) in [7, 11) is 0. The van der Waals surface area contributed by atoms with Crippen molar-refractivity contribution >= 4 is 23.3 Å². The Balaban J connectivity index is 2.47. The van der Waals surface area contributed by atoms with E-state index in [0.717, 1.165) is 0 Å². The molecule has 1 aliphatic rings. The molecule has 1 aromatic rings. The Bertz CT molecular complexity index is 547. The number of amides is 1. The zero-order valence-electron chi connectivity index (χ0n) is 10.8. The van der Waals surface area contributed by atoms with E-state index in [2.05, 4.69) is 15.3 Å². The van der Waals surface area contributed by atoms with Gasteiger partial charge in [-0.15, -0.1) is 0 Å². The third-order valence-electron chi connectivity index (χ3n) is 3.06. The van der Waals surface area contributed by atoms with Gasteiger partial charge < -0.3 is 10.2 Å². The number of carbonyl (C=O) groups is 1. The molecule has 0 unspecified atom stereocenters. The van der Waals surface area contributed by atoms with Crippen LogP contribution in [-0.4, -0.2) is 34.5 Å². The molecular weight excluding hydrogens is 297 g/mol. The number of rotatable bonds is 1. The van der Waals surface area contributed by atoms with Crippen LogP contribution >= 0.6 is 11.6 Å². The van der Waals surface area contributed by atoms with Crippen molar-refractivity contribution in [3.63, 3.8) is 0 Å². The van der Waals surface area contributed by atoms with Crippen LogP contribution in [0.3, 0.4) is 0 Å². The maximum Gasteiger partial charge on any atom is 0.451 e. The maximum absolute atomic E-state index is 12.7. The van der Waals surface area contributed by atoms with Crippen molar-refractivity contribution in [2.75, 3.05) is 18.0 Å². The predicted molar refractivity (Wildman–Crippen MR) is 66.5 cm³/mol. The summed E-state index contributed by atoms with van der Waals surface area (Å²) in [6, 6.07) is 1.22. The molecule has 1 amide bonds. The summed E-state index contributed by atoms with van der Waals surface area (Å²) in [5.41, 5.74) is -1.02. The molecule has 1 saturated heterocycles. The first kappa shape index (κ1) is 14.8. The molecule has 0 atom stereocenters. The molecule has 9 heteroatoms. The van der Waals surface area contributed by atoms with Crippen molar-refractivity contribution in [3.05, 3.63) is 17.0 Å². The number of nitrogens with one attached hydrogen (secondary N) is 1. The summed E-state index contributed by atoms with van der Waals surface area (Å²) in [6.07, 6.45) is -4.69. The molecular formula is C11H12ClF3N4O. The number of halogens is 4. The van der Waals surface area contributed by atoms with Gasteiger partial charge in [0.05, 0.1) is 0 Å². The number of alkyl halides is 3. The number of piperazine rings is 1. The van der Waals surface area contributed by atoms with E-state index in [4.69, 9.17) is 11.6 Å². The molecule has 0 spiro atoms. The third-order valence-corrected chi connectivity index (χ3v) is 3.26. The van der Waals surface area contributed by atoms with Gasteiger partial charge >= 0.3 is 6.18 Å². The average molecular weight is 309 g/mol. The summed E-state index contributed by atoms with van der Waals surface area (Å²) in [6.45, 7) is 3.87. The summed E-state index contributed by atoms with van der Waals surface area (Å²) in [5, 5.41) is 2.34. The van der Waals surface area contributed by atoms with Gasteiger partial charge in [0.2, 0.25) is 11.7 Å². The lowest BCUT2D eigenvalue weighted by Crippen LogP contribution is -2.62. The fraction of sp³-hybridized carbons (Fsp3) is 0.545. The van der Waals surface area contributed by atoms with E-state index in [9.17, 15) is 18.0 Å². The molecule has 5 nitrogen and oxygen atoms in total. The molecule has 0 bridgehead atoms.